The van der Waals surface area contributed by atoms with E-state index in [2.05, 4.69) is 10.5 Å². The number of hydrogen-bond acceptors (Lipinski definition) is 5. The highest BCUT2D eigenvalue weighted by Gasteiger charge is 2.22. The molecule has 1 atom stereocenters. The van der Waals surface area contributed by atoms with Gasteiger partial charge in [0, 0.05) is 18.1 Å². The summed E-state index contributed by atoms with van der Waals surface area (Å²) < 4.78 is 10.8. The molecule has 1 aliphatic carbocycles. The number of Topliss-reactive ketones (excluding diaryl/α,β-unsaturated/α-hetero) is 1. The molecule has 126 valence electrons. The molecule has 0 fully saturated rings. The van der Waals surface area contributed by atoms with E-state index in [-0.39, 0.29) is 11.7 Å². The molecule has 0 aliphatic heterocycles. The van der Waals surface area contributed by atoms with Gasteiger partial charge in [0.2, 0.25) is 0 Å². The van der Waals surface area contributed by atoms with Crippen LogP contribution in [0.3, 0.4) is 0 Å². The zero-order chi connectivity index (χ0) is 17.1. The van der Waals surface area contributed by atoms with Crippen molar-refractivity contribution in [2.75, 3.05) is 5.32 Å². The van der Waals surface area contributed by atoms with E-state index in [9.17, 15) is 9.59 Å². The number of amides is 1. The van der Waals surface area contributed by atoms with Gasteiger partial charge >= 0.3 is 0 Å². The Morgan fingerprint density at radius 1 is 1.38 bits per heavy atom. The van der Waals surface area contributed by atoms with Gasteiger partial charge in [-0.1, -0.05) is 12.1 Å². The first-order valence-corrected chi connectivity index (χ1v) is 8.13. The Labute approximate surface area is 140 Å². The molecule has 0 saturated carbocycles. The number of carbonyl (C=O) groups is 2. The summed E-state index contributed by atoms with van der Waals surface area (Å²) in [4.78, 5) is 24.2. The van der Waals surface area contributed by atoms with Crippen molar-refractivity contribution in [3.05, 3.63) is 41.2 Å². The second kappa shape index (κ2) is 6.86. The number of aryl methyl sites for hydroxylation is 2. The van der Waals surface area contributed by atoms with E-state index >= 15 is 0 Å². The Balaban J connectivity index is 1.70. The summed E-state index contributed by atoms with van der Waals surface area (Å²) in [6.07, 6.45) is 2.19. The molecule has 0 bridgehead atoms. The van der Waals surface area contributed by atoms with Crippen LogP contribution in [0.1, 0.15) is 47.9 Å². The van der Waals surface area contributed by atoms with Gasteiger partial charge < -0.3 is 14.6 Å². The van der Waals surface area contributed by atoms with Crippen LogP contribution in [-0.4, -0.2) is 23.0 Å². The Hall–Kier alpha value is -2.63. The number of anilines is 1. The van der Waals surface area contributed by atoms with Crippen molar-refractivity contribution >= 4 is 17.5 Å². The van der Waals surface area contributed by atoms with Gasteiger partial charge in [0.05, 0.1) is 0 Å². The molecule has 1 aliphatic rings. The number of benzene rings is 1. The van der Waals surface area contributed by atoms with Crippen LogP contribution in [0.15, 0.2) is 28.8 Å². The van der Waals surface area contributed by atoms with Crippen molar-refractivity contribution < 1.29 is 18.8 Å². The molecule has 1 heterocycles. The fourth-order valence-corrected chi connectivity index (χ4v) is 2.81. The van der Waals surface area contributed by atoms with E-state index in [1.807, 2.05) is 13.0 Å². The number of nitrogens with zero attached hydrogens (tertiary/aromatic N) is 1. The monoisotopic (exact) mass is 328 g/mol. The summed E-state index contributed by atoms with van der Waals surface area (Å²) in [5.74, 6) is 1.49. The van der Waals surface area contributed by atoms with Crippen molar-refractivity contribution in [3.8, 4) is 5.75 Å². The third-order valence-electron chi connectivity index (χ3n) is 4.05. The molecular formula is C18H20N2O4. The number of rotatable bonds is 5. The summed E-state index contributed by atoms with van der Waals surface area (Å²) in [5, 5.41) is 6.43. The Morgan fingerprint density at radius 3 is 2.92 bits per heavy atom. The molecule has 6 heteroatoms. The average Bonchev–Trinajstić information content (AvgIpc) is 2.97. The molecule has 2 aromatic rings. The van der Waals surface area contributed by atoms with Crippen molar-refractivity contribution in [3.63, 3.8) is 0 Å². The lowest BCUT2D eigenvalue weighted by atomic mass is 9.90. The molecule has 1 aromatic carbocycles. The molecule has 1 unspecified atom stereocenters. The van der Waals surface area contributed by atoms with Crippen molar-refractivity contribution in [2.24, 2.45) is 0 Å². The lowest BCUT2D eigenvalue weighted by Gasteiger charge is -2.19. The Morgan fingerprint density at radius 2 is 2.21 bits per heavy atom. The van der Waals surface area contributed by atoms with Crippen molar-refractivity contribution in [2.45, 2.75) is 45.6 Å². The SMILES string of the molecule is CCC(Oc1ccc2c(c1)CCCC2=O)C(=O)Nc1cc(C)on1. The van der Waals surface area contributed by atoms with Crippen LogP contribution < -0.4 is 10.1 Å². The predicted molar refractivity (Wildman–Crippen MR) is 88.3 cm³/mol. The number of fused-ring (bicyclic) bond motifs is 1. The van der Waals surface area contributed by atoms with E-state index in [1.54, 1.807) is 25.1 Å². The van der Waals surface area contributed by atoms with Gasteiger partial charge in [-0.25, -0.2) is 0 Å². The number of carbonyl (C=O) groups excluding carboxylic acids is 2. The highest BCUT2D eigenvalue weighted by atomic mass is 16.5. The van der Waals surface area contributed by atoms with Gasteiger partial charge in [-0.2, -0.15) is 0 Å². The zero-order valence-corrected chi connectivity index (χ0v) is 13.8. The van der Waals surface area contributed by atoms with E-state index in [1.165, 1.54) is 0 Å². The van der Waals surface area contributed by atoms with Crippen LogP contribution in [0.4, 0.5) is 5.82 Å². The average molecular weight is 328 g/mol. The topological polar surface area (TPSA) is 81.4 Å². The largest absolute Gasteiger partial charge is 0.481 e. The minimum Gasteiger partial charge on any atom is -0.481 e. The number of ether oxygens (including phenoxy) is 1. The van der Waals surface area contributed by atoms with Crippen LogP contribution in [0, 0.1) is 6.92 Å². The molecule has 24 heavy (non-hydrogen) atoms. The van der Waals surface area contributed by atoms with E-state index < -0.39 is 6.10 Å². The maximum absolute atomic E-state index is 12.3. The molecule has 3 rings (SSSR count). The minimum atomic E-state index is -0.639. The van der Waals surface area contributed by atoms with Gasteiger partial charge in [0.25, 0.3) is 5.91 Å². The zero-order valence-electron chi connectivity index (χ0n) is 13.8. The maximum Gasteiger partial charge on any atom is 0.266 e. The first kappa shape index (κ1) is 16.2. The van der Waals surface area contributed by atoms with Crippen LogP contribution in [0.25, 0.3) is 0 Å². The smallest absolute Gasteiger partial charge is 0.266 e. The highest BCUT2D eigenvalue weighted by Crippen LogP contribution is 2.26. The lowest BCUT2D eigenvalue weighted by molar-refractivity contribution is -0.122. The normalized spacial score (nSPS) is 14.8. The van der Waals surface area contributed by atoms with Crippen LogP contribution in [0.2, 0.25) is 0 Å². The number of nitrogens with one attached hydrogen (secondary N) is 1. The maximum atomic E-state index is 12.3. The van der Waals surface area contributed by atoms with Gasteiger partial charge in [0.15, 0.2) is 17.7 Å². The fraction of sp³-hybridized carbons (Fsp3) is 0.389. The fourth-order valence-electron chi connectivity index (χ4n) is 2.81. The summed E-state index contributed by atoms with van der Waals surface area (Å²) in [6, 6.07) is 7.05. The molecule has 1 amide bonds. The second-order valence-electron chi connectivity index (χ2n) is 5.92. The summed E-state index contributed by atoms with van der Waals surface area (Å²) in [5.41, 5.74) is 1.76. The number of ketones is 1. The Kier molecular flexibility index (Phi) is 4.64. The van der Waals surface area contributed by atoms with E-state index in [0.717, 1.165) is 24.0 Å². The van der Waals surface area contributed by atoms with E-state index in [4.69, 9.17) is 9.26 Å². The van der Waals surface area contributed by atoms with Crippen LogP contribution in [0.5, 0.6) is 5.75 Å². The molecule has 1 N–H and O–H groups in total. The van der Waals surface area contributed by atoms with Crippen molar-refractivity contribution in [1.29, 1.82) is 0 Å². The highest BCUT2D eigenvalue weighted by molar-refractivity contribution is 5.98. The molecule has 6 nitrogen and oxygen atoms in total. The molecule has 0 radical (unpaired) electrons. The van der Waals surface area contributed by atoms with Gasteiger partial charge in [-0.05, 0) is 49.9 Å². The molecule has 0 spiro atoms. The molecule has 1 aromatic heterocycles. The molecular weight excluding hydrogens is 308 g/mol. The first-order chi connectivity index (χ1) is 11.6. The minimum absolute atomic E-state index is 0.175. The quantitative estimate of drug-likeness (QED) is 0.910. The van der Waals surface area contributed by atoms with Gasteiger partial charge in [-0.3, -0.25) is 9.59 Å². The lowest BCUT2D eigenvalue weighted by Crippen LogP contribution is -2.32. The van der Waals surface area contributed by atoms with Crippen molar-refractivity contribution in [1.82, 2.24) is 5.16 Å². The summed E-state index contributed by atoms with van der Waals surface area (Å²) in [7, 11) is 0. The van der Waals surface area contributed by atoms with Gasteiger partial charge in [0.1, 0.15) is 11.5 Å². The van der Waals surface area contributed by atoms with Gasteiger partial charge in [-0.15, -0.1) is 0 Å². The second-order valence-corrected chi connectivity index (χ2v) is 5.92. The third kappa shape index (κ3) is 3.48. The van der Waals surface area contributed by atoms with E-state index in [0.29, 0.717) is 30.2 Å². The van der Waals surface area contributed by atoms with Crippen LogP contribution in [-0.2, 0) is 11.2 Å². The third-order valence-corrected chi connectivity index (χ3v) is 4.05. The summed E-state index contributed by atoms with van der Waals surface area (Å²) >= 11 is 0. The predicted octanol–water partition coefficient (Wildman–Crippen LogP) is 3.30. The Bertz CT molecular complexity index is 766. The number of hydrogen-bond donors (Lipinski definition) is 1. The van der Waals surface area contributed by atoms with Crippen LogP contribution >= 0.6 is 0 Å². The standard InChI is InChI=1S/C18H20N2O4/c1-3-16(18(22)19-17-9-11(2)24-20-17)23-13-7-8-14-12(10-13)5-4-6-15(14)21/h7-10,16H,3-6H2,1-2H3,(H,19,20,22). The number of aromatic nitrogens is 1. The first-order valence-electron chi connectivity index (χ1n) is 8.13. The summed E-state index contributed by atoms with van der Waals surface area (Å²) in [6.45, 7) is 3.63. The molecule has 0 saturated heterocycles.